The number of hydrogen-bond donors (Lipinski definition) is 2. The van der Waals surface area contributed by atoms with Crippen molar-refractivity contribution in [2.24, 2.45) is 17.8 Å². The van der Waals surface area contributed by atoms with Gasteiger partial charge in [0, 0.05) is 12.2 Å². The lowest BCUT2D eigenvalue weighted by molar-refractivity contribution is 0.188. The number of nitrogens with one attached hydrogen (secondary N) is 1. The molecule has 0 aromatic carbocycles. The van der Waals surface area contributed by atoms with Crippen LogP contribution in [0.5, 0.6) is 0 Å². The average molecular weight is 289 g/mol. The molecule has 1 saturated carbocycles. The summed E-state index contributed by atoms with van der Waals surface area (Å²) in [5, 5.41) is 3.70. The van der Waals surface area contributed by atoms with Gasteiger partial charge in [-0.3, -0.25) is 0 Å². The second-order valence-corrected chi connectivity index (χ2v) is 6.88. The SMILES string of the molecule is CCNC(Cc1ccnc(N)c1)C1CCC(C(C)C)CC1. The van der Waals surface area contributed by atoms with Gasteiger partial charge >= 0.3 is 0 Å². The van der Waals surface area contributed by atoms with Crippen LogP contribution in [0.25, 0.3) is 0 Å². The first-order chi connectivity index (χ1) is 10.1. The van der Waals surface area contributed by atoms with Crippen molar-refractivity contribution in [2.45, 2.75) is 58.9 Å². The van der Waals surface area contributed by atoms with E-state index in [9.17, 15) is 0 Å². The molecule has 0 amide bonds. The number of anilines is 1. The van der Waals surface area contributed by atoms with Gasteiger partial charge in [0.25, 0.3) is 0 Å². The van der Waals surface area contributed by atoms with Crippen molar-refractivity contribution in [1.82, 2.24) is 10.3 Å². The summed E-state index contributed by atoms with van der Waals surface area (Å²) >= 11 is 0. The maximum atomic E-state index is 5.81. The highest BCUT2D eigenvalue weighted by Gasteiger charge is 2.28. The molecule has 21 heavy (non-hydrogen) atoms. The van der Waals surface area contributed by atoms with Crippen LogP contribution >= 0.6 is 0 Å². The molecule has 0 saturated heterocycles. The zero-order valence-corrected chi connectivity index (χ0v) is 13.8. The Morgan fingerprint density at radius 2 is 1.90 bits per heavy atom. The van der Waals surface area contributed by atoms with Crippen molar-refractivity contribution >= 4 is 5.82 Å². The van der Waals surface area contributed by atoms with Crippen molar-refractivity contribution in [3.63, 3.8) is 0 Å². The predicted octanol–water partition coefficient (Wildman–Crippen LogP) is 3.65. The Kier molecular flexibility index (Phi) is 6.04. The summed E-state index contributed by atoms with van der Waals surface area (Å²) in [5.74, 6) is 3.20. The van der Waals surface area contributed by atoms with E-state index in [4.69, 9.17) is 5.73 Å². The molecular weight excluding hydrogens is 258 g/mol. The van der Waals surface area contributed by atoms with Gasteiger partial charge in [0.1, 0.15) is 5.82 Å². The molecular formula is C18H31N3. The molecule has 1 aliphatic carbocycles. The van der Waals surface area contributed by atoms with Crippen molar-refractivity contribution in [1.29, 1.82) is 0 Å². The second kappa shape index (κ2) is 7.79. The maximum absolute atomic E-state index is 5.81. The van der Waals surface area contributed by atoms with Gasteiger partial charge in [-0.1, -0.05) is 20.8 Å². The van der Waals surface area contributed by atoms with E-state index in [1.54, 1.807) is 0 Å². The molecule has 1 atom stereocenters. The molecule has 3 N–H and O–H groups in total. The molecule has 0 spiro atoms. The Bertz CT molecular complexity index is 422. The Labute approximate surface area is 129 Å². The van der Waals surface area contributed by atoms with Crippen LogP contribution in [0, 0.1) is 17.8 Å². The van der Waals surface area contributed by atoms with E-state index < -0.39 is 0 Å². The van der Waals surface area contributed by atoms with Gasteiger partial charge in [-0.2, -0.15) is 0 Å². The Morgan fingerprint density at radius 1 is 1.24 bits per heavy atom. The van der Waals surface area contributed by atoms with Gasteiger partial charge < -0.3 is 11.1 Å². The van der Waals surface area contributed by atoms with Gasteiger partial charge in [0.05, 0.1) is 0 Å². The summed E-state index contributed by atoms with van der Waals surface area (Å²) in [6.07, 6.45) is 8.40. The highest BCUT2D eigenvalue weighted by Crippen LogP contribution is 2.35. The molecule has 0 radical (unpaired) electrons. The summed E-state index contributed by atoms with van der Waals surface area (Å²) in [6.45, 7) is 7.97. The lowest BCUT2D eigenvalue weighted by atomic mass is 9.73. The average Bonchev–Trinajstić information content (AvgIpc) is 2.47. The van der Waals surface area contributed by atoms with E-state index in [1.165, 1.54) is 31.2 Å². The molecule has 3 heteroatoms. The molecule has 1 aromatic heterocycles. The highest BCUT2D eigenvalue weighted by molar-refractivity contribution is 5.32. The smallest absolute Gasteiger partial charge is 0.123 e. The Hall–Kier alpha value is -1.09. The van der Waals surface area contributed by atoms with E-state index in [0.717, 1.165) is 30.7 Å². The molecule has 2 rings (SSSR count). The first kappa shape index (κ1) is 16.3. The van der Waals surface area contributed by atoms with Gasteiger partial charge in [-0.25, -0.2) is 4.98 Å². The summed E-state index contributed by atoms with van der Waals surface area (Å²) in [6, 6.07) is 4.69. The minimum absolute atomic E-state index is 0.574. The lowest BCUT2D eigenvalue weighted by Crippen LogP contribution is -2.40. The first-order valence-electron chi connectivity index (χ1n) is 8.54. The number of hydrogen-bond acceptors (Lipinski definition) is 3. The third-order valence-electron chi connectivity index (χ3n) is 5.10. The molecule has 1 fully saturated rings. The molecule has 1 heterocycles. The molecule has 3 nitrogen and oxygen atoms in total. The number of pyridine rings is 1. The van der Waals surface area contributed by atoms with Crippen LogP contribution in [0.15, 0.2) is 18.3 Å². The van der Waals surface area contributed by atoms with Crippen LogP contribution in [0.3, 0.4) is 0 Å². The predicted molar refractivity (Wildman–Crippen MR) is 90.1 cm³/mol. The number of aromatic nitrogens is 1. The zero-order valence-electron chi connectivity index (χ0n) is 13.8. The molecule has 0 bridgehead atoms. The van der Waals surface area contributed by atoms with Crippen LogP contribution in [0.1, 0.15) is 52.0 Å². The summed E-state index contributed by atoms with van der Waals surface area (Å²) in [7, 11) is 0. The van der Waals surface area contributed by atoms with Gasteiger partial charge in [0.2, 0.25) is 0 Å². The van der Waals surface area contributed by atoms with E-state index in [0.29, 0.717) is 11.9 Å². The molecule has 118 valence electrons. The number of nitrogens with two attached hydrogens (primary N) is 1. The van der Waals surface area contributed by atoms with Crippen molar-refractivity contribution in [2.75, 3.05) is 12.3 Å². The fourth-order valence-corrected chi connectivity index (χ4v) is 3.76. The van der Waals surface area contributed by atoms with E-state index in [2.05, 4.69) is 37.1 Å². The maximum Gasteiger partial charge on any atom is 0.123 e. The summed E-state index contributed by atoms with van der Waals surface area (Å²) in [5.41, 5.74) is 7.11. The Morgan fingerprint density at radius 3 is 2.48 bits per heavy atom. The standard InChI is InChI=1S/C18H31N3/c1-4-20-17(11-14-9-10-21-18(19)12-14)16-7-5-15(6-8-16)13(2)3/h9-10,12-13,15-17,20H,4-8,11H2,1-3H3,(H2,19,21). The highest BCUT2D eigenvalue weighted by atomic mass is 14.9. The minimum Gasteiger partial charge on any atom is -0.384 e. The molecule has 0 aliphatic heterocycles. The molecule has 1 aromatic rings. The topological polar surface area (TPSA) is 50.9 Å². The summed E-state index contributed by atoms with van der Waals surface area (Å²) in [4.78, 5) is 4.09. The van der Waals surface area contributed by atoms with E-state index in [-0.39, 0.29) is 0 Å². The third kappa shape index (κ3) is 4.70. The van der Waals surface area contributed by atoms with E-state index >= 15 is 0 Å². The number of nitrogens with zero attached hydrogens (tertiary/aromatic N) is 1. The number of likely N-dealkylation sites (N-methyl/N-ethyl adjacent to an activating group) is 1. The van der Waals surface area contributed by atoms with Crippen molar-refractivity contribution in [3.8, 4) is 0 Å². The monoisotopic (exact) mass is 289 g/mol. The van der Waals surface area contributed by atoms with Crippen LogP contribution in [-0.4, -0.2) is 17.6 Å². The fraction of sp³-hybridized carbons (Fsp3) is 0.722. The largest absolute Gasteiger partial charge is 0.384 e. The van der Waals surface area contributed by atoms with Crippen LogP contribution in [0.2, 0.25) is 0 Å². The summed E-state index contributed by atoms with van der Waals surface area (Å²) < 4.78 is 0. The van der Waals surface area contributed by atoms with Gasteiger partial charge in [-0.15, -0.1) is 0 Å². The van der Waals surface area contributed by atoms with E-state index in [1.807, 2.05) is 12.3 Å². The minimum atomic E-state index is 0.574. The number of rotatable bonds is 6. The molecule has 1 unspecified atom stereocenters. The second-order valence-electron chi connectivity index (χ2n) is 6.88. The quantitative estimate of drug-likeness (QED) is 0.840. The van der Waals surface area contributed by atoms with Gasteiger partial charge in [0.15, 0.2) is 0 Å². The van der Waals surface area contributed by atoms with Gasteiger partial charge in [-0.05, 0) is 74.1 Å². The third-order valence-corrected chi connectivity index (χ3v) is 5.10. The molecule has 1 aliphatic rings. The van der Waals surface area contributed by atoms with Crippen LogP contribution in [0.4, 0.5) is 5.82 Å². The Balaban J connectivity index is 1.96. The normalized spacial score (nSPS) is 24.2. The fourth-order valence-electron chi connectivity index (χ4n) is 3.76. The lowest BCUT2D eigenvalue weighted by Gasteiger charge is -2.36. The zero-order chi connectivity index (χ0) is 15.2. The van der Waals surface area contributed by atoms with Crippen LogP contribution in [-0.2, 0) is 6.42 Å². The van der Waals surface area contributed by atoms with Crippen LogP contribution < -0.4 is 11.1 Å². The first-order valence-corrected chi connectivity index (χ1v) is 8.54. The van der Waals surface area contributed by atoms with Crippen molar-refractivity contribution < 1.29 is 0 Å². The van der Waals surface area contributed by atoms with Crippen molar-refractivity contribution in [3.05, 3.63) is 23.9 Å². The number of nitrogen functional groups attached to an aromatic ring is 1.